The van der Waals surface area contributed by atoms with Gasteiger partial charge >= 0.3 is 0 Å². The topological polar surface area (TPSA) is 40.5 Å². The van der Waals surface area contributed by atoms with Gasteiger partial charge in [-0.1, -0.05) is 38.1 Å². The highest BCUT2D eigenvalue weighted by atomic mass is 16.3. The van der Waals surface area contributed by atoms with Gasteiger partial charge in [-0.05, 0) is 30.4 Å². The molecule has 0 heterocycles. The van der Waals surface area contributed by atoms with Crippen molar-refractivity contribution in [1.82, 2.24) is 0 Å². The Balaban J connectivity index is 2.47. The van der Waals surface area contributed by atoms with E-state index in [-0.39, 0.29) is 5.75 Å². The van der Waals surface area contributed by atoms with Crippen molar-refractivity contribution < 1.29 is 10.2 Å². The molecule has 0 aliphatic rings. The zero-order valence-electron chi connectivity index (χ0n) is 10.3. The summed E-state index contributed by atoms with van der Waals surface area (Å²) in [6, 6.07) is 9.06. The molecule has 0 aliphatic carbocycles. The molecule has 17 heavy (non-hydrogen) atoms. The molecule has 0 saturated heterocycles. The van der Waals surface area contributed by atoms with E-state index >= 15 is 0 Å². The van der Waals surface area contributed by atoms with Crippen LogP contribution >= 0.6 is 0 Å². The maximum Gasteiger partial charge on any atom is 0.126 e. The van der Waals surface area contributed by atoms with Crippen LogP contribution in [0.5, 0.6) is 11.5 Å². The number of fused-ring (bicyclic) bond motifs is 1. The summed E-state index contributed by atoms with van der Waals surface area (Å²) in [5.41, 5.74) is 0.829. The Hall–Kier alpha value is -1.70. The second-order valence-corrected chi connectivity index (χ2v) is 4.88. The van der Waals surface area contributed by atoms with Gasteiger partial charge in [0.15, 0.2) is 0 Å². The van der Waals surface area contributed by atoms with Crippen LogP contribution < -0.4 is 0 Å². The van der Waals surface area contributed by atoms with Gasteiger partial charge in [0.25, 0.3) is 0 Å². The first kappa shape index (κ1) is 11.8. The molecule has 2 nitrogen and oxygen atoms in total. The number of phenols is 2. The van der Waals surface area contributed by atoms with E-state index < -0.39 is 0 Å². The predicted molar refractivity (Wildman–Crippen MR) is 70.4 cm³/mol. The lowest BCUT2D eigenvalue weighted by Crippen LogP contribution is -1.93. The number of hydrogen-bond donors (Lipinski definition) is 2. The molecule has 0 amide bonds. The lowest BCUT2D eigenvalue weighted by atomic mass is 9.98. The zero-order chi connectivity index (χ0) is 12.4. The van der Waals surface area contributed by atoms with Crippen LogP contribution in [0.25, 0.3) is 10.8 Å². The van der Waals surface area contributed by atoms with Crippen LogP contribution in [-0.2, 0) is 6.42 Å². The lowest BCUT2D eigenvalue weighted by molar-refractivity contribution is 0.459. The third-order valence-corrected chi connectivity index (χ3v) is 3.06. The van der Waals surface area contributed by atoms with Gasteiger partial charge in [-0.2, -0.15) is 0 Å². The van der Waals surface area contributed by atoms with Crippen molar-refractivity contribution in [3.05, 3.63) is 35.9 Å². The fourth-order valence-corrected chi connectivity index (χ4v) is 2.03. The Morgan fingerprint density at radius 3 is 2.35 bits per heavy atom. The Morgan fingerprint density at radius 1 is 1.06 bits per heavy atom. The Morgan fingerprint density at radius 2 is 1.71 bits per heavy atom. The fourth-order valence-electron chi connectivity index (χ4n) is 2.03. The normalized spacial score (nSPS) is 11.2. The van der Waals surface area contributed by atoms with Crippen LogP contribution in [0.2, 0.25) is 0 Å². The SMILES string of the molecule is CC(C)CCc1cc(O)c2ccccc2c1O. The minimum absolute atomic E-state index is 0.247. The van der Waals surface area contributed by atoms with Crippen LogP contribution in [0.4, 0.5) is 0 Å². The Bertz CT molecular complexity index is 530. The van der Waals surface area contributed by atoms with E-state index in [0.29, 0.717) is 17.1 Å². The van der Waals surface area contributed by atoms with Crippen molar-refractivity contribution in [2.75, 3.05) is 0 Å². The summed E-state index contributed by atoms with van der Waals surface area (Å²) in [4.78, 5) is 0. The first-order valence-corrected chi connectivity index (χ1v) is 6.02. The summed E-state index contributed by atoms with van der Waals surface area (Å²) in [6.45, 7) is 4.30. The third kappa shape index (κ3) is 2.36. The first-order chi connectivity index (χ1) is 8.09. The molecule has 0 atom stereocenters. The van der Waals surface area contributed by atoms with E-state index in [4.69, 9.17) is 0 Å². The quantitative estimate of drug-likeness (QED) is 0.786. The van der Waals surface area contributed by atoms with Crippen molar-refractivity contribution in [2.45, 2.75) is 26.7 Å². The molecular formula is C15H18O2. The molecule has 2 aromatic rings. The molecule has 2 aromatic carbocycles. The molecule has 0 fully saturated rings. The molecule has 2 N–H and O–H groups in total. The number of aryl methyl sites for hydroxylation is 1. The molecule has 0 unspecified atom stereocenters. The van der Waals surface area contributed by atoms with Crippen molar-refractivity contribution in [3.8, 4) is 11.5 Å². The van der Waals surface area contributed by atoms with Crippen LogP contribution in [-0.4, -0.2) is 10.2 Å². The monoisotopic (exact) mass is 230 g/mol. The molecule has 0 aromatic heterocycles. The summed E-state index contributed by atoms with van der Waals surface area (Å²) < 4.78 is 0. The summed E-state index contributed by atoms with van der Waals surface area (Å²) in [5, 5.41) is 21.5. The second-order valence-electron chi connectivity index (χ2n) is 4.88. The van der Waals surface area contributed by atoms with E-state index in [2.05, 4.69) is 13.8 Å². The number of hydrogen-bond acceptors (Lipinski definition) is 2. The molecule has 2 rings (SSSR count). The average Bonchev–Trinajstić information content (AvgIpc) is 2.32. The van der Waals surface area contributed by atoms with Crippen LogP contribution in [0, 0.1) is 5.92 Å². The summed E-state index contributed by atoms with van der Waals surface area (Å²) >= 11 is 0. The van der Waals surface area contributed by atoms with Gasteiger partial charge in [0, 0.05) is 10.8 Å². The zero-order valence-corrected chi connectivity index (χ0v) is 10.3. The largest absolute Gasteiger partial charge is 0.507 e. The van der Waals surface area contributed by atoms with Crippen LogP contribution in [0.1, 0.15) is 25.8 Å². The minimum atomic E-state index is 0.247. The van der Waals surface area contributed by atoms with E-state index in [1.54, 1.807) is 6.07 Å². The Kier molecular flexibility index (Phi) is 3.23. The van der Waals surface area contributed by atoms with Gasteiger partial charge in [-0.25, -0.2) is 0 Å². The van der Waals surface area contributed by atoms with Crippen molar-refractivity contribution >= 4 is 10.8 Å². The molecule has 2 heteroatoms. The van der Waals surface area contributed by atoms with Crippen molar-refractivity contribution in [2.24, 2.45) is 5.92 Å². The first-order valence-electron chi connectivity index (χ1n) is 6.02. The van der Waals surface area contributed by atoms with E-state index in [1.807, 2.05) is 24.3 Å². The molecule has 0 bridgehead atoms. The van der Waals surface area contributed by atoms with Gasteiger partial charge in [0.2, 0.25) is 0 Å². The highest BCUT2D eigenvalue weighted by Crippen LogP contribution is 2.35. The van der Waals surface area contributed by atoms with Gasteiger partial charge in [0.1, 0.15) is 11.5 Å². The molecule has 0 aliphatic heterocycles. The van der Waals surface area contributed by atoms with Gasteiger partial charge in [-0.15, -0.1) is 0 Å². The molecular weight excluding hydrogens is 212 g/mol. The third-order valence-electron chi connectivity index (χ3n) is 3.06. The maximum atomic E-state index is 10.2. The van der Waals surface area contributed by atoms with E-state index in [0.717, 1.165) is 23.8 Å². The minimum Gasteiger partial charge on any atom is -0.507 e. The standard InChI is InChI=1S/C15H18O2/c1-10(2)7-8-11-9-14(16)12-5-3-4-6-13(12)15(11)17/h3-6,9-10,16-17H,7-8H2,1-2H3. The highest BCUT2D eigenvalue weighted by Gasteiger charge is 2.10. The summed E-state index contributed by atoms with van der Waals surface area (Å²) in [5.74, 6) is 1.14. The number of aromatic hydroxyl groups is 2. The summed E-state index contributed by atoms with van der Waals surface area (Å²) in [7, 11) is 0. The maximum absolute atomic E-state index is 10.2. The number of benzene rings is 2. The van der Waals surface area contributed by atoms with E-state index in [9.17, 15) is 10.2 Å². The fraction of sp³-hybridized carbons (Fsp3) is 0.333. The summed E-state index contributed by atoms with van der Waals surface area (Å²) in [6.07, 6.45) is 1.80. The number of phenolic OH excluding ortho intramolecular Hbond substituents is 2. The van der Waals surface area contributed by atoms with Crippen LogP contribution in [0.3, 0.4) is 0 Å². The van der Waals surface area contributed by atoms with Gasteiger partial charge in [0.05, 0.1) is 0 Å². The van der Waals surface area contributed by atoms with Gasteiger partial charge < -0.3 is 10.2 Å². The predicted octanol–water partition coefficient (Wildman–Crippen LogP) is 3.84. The molecule has 90 valence electrons. The van der Waals surface area contributed by atoms with Crippen molar-refractivity contribution in [1.29, 1.82) is 0 Å². The second kappa shape index (κ2) is 4.66. The lowest BCUT2D eigenvalue weighted by Gasteiger charge is -2.11. The molecule has 0 radical (unpaired) electrons. The average molecular weight is 230 g/mol. The smallest absolute Gasteiger partial charge is 0.126 e. The van der Waals surface area contributed by atoms with Crippen LogP contribution in [0.15, 0.2) is 30.3 Å². The van der Waals surface area contributed by atoms with Gasteiger partial charge in [-0.3, -0.25) is 0 Å². The highest BCUT2D eigenvalue weighted by molar-refractivity contribution is 5.93. The van der Waals surface area contributed by atoms with E-state index in [1.165, 1.54) is 0 Å². The Labute approximate surface area is 102 Å². The number of rotatable bonds is 3. The molecule has 0 spiro atoms. The molecule has 0 saturated carbocycles. The van der Waals surface area contributed by atoms with Crippen molar-refractivity contribution in [3.63, 3.8) is 0 Å².